The third kappa shape index (κ3) is 11.0. The van der Waals surface area contributed by atoms with Crippen LogP contribution in [0.3, 0.4) is 0 Å². The van der Waals surface area contributed by atoms with Crippen LogP contribution in [-0.2, 0) is 46.5 Å². The summed E-state index contributed by atoms with van der Waals surface area (Å²) < 4.78 is 10.0. The lowest BCUT2D eigenvalue weighted by Gasteiger charge is -2.27. The van der Waals surface area contributed by atoms with Crippen molar-refractivity contribution in [1.82, 2.24) is 16.0 Å². The number of esters is 2. The molecule has 0 radical (unpaired) electrons. The molecule has 5 N–H and O–H groups in total. The second-order valence-electron chi connectivity index (χ2n) is 9.83. The second-order valence-corrected chi connectivity index (χ2v) is 9.83. The molecule has 5 unspecified atom stereocenters. The van der Waals surface area contributed by atoms with Gasteiger partial charge in [0.1, 0.15) is 24.7 Å². The number of amides is 3. The lowest BCUT2D eigenvalue weighted by atomic mass is 9.97. The Bertz CT molecular complexity index is 1160. The highest BCUT2D eigenvalue weighted by Crippen LogP contribution is 2.11. The van der Waals surface area contributed by atoms with E-state index in [4.69, 9.17) is 15.2 Å². The summed E-state index contributed by atoms with van der Waals surface area (Å²) in [7, 11) is 1.23. The van der Waals surface area contributed by atoms with E-state index in [9.17, 15) is 24.0 Å². The number of methoxy groups -OCH3 is 1. The predicted octanol–water partition coefficient (Wildman–Crippen LogP) is 1.38. The zero-order valence-corrected chi connectivity index (χ0v) is 23.9. The number of nitrogens with one attached hydrogen (secondary N) is 3. The first kappa shape index (κ1) is 33.0. The number of benzene rings is 2. The minimum atomic E-state index is -1.24. The van der Waals surface area contributed by atoms with Crippen molar-refractivity contribution in [1.29, 1.82) is 0 Å². The van der Waals surface area contributed by atoms with Crippen LogP contribution in [0.4, 0.5) is 0 Å². The summed E-state index contributed by atoms with van der Waals surface area (Å²) in [5, 5.41) is 7.83. The van der Waals surface area contributed by atoms with Crippen molar-refractivity contribution >= 4 is 29.7 Å². The summed E-state index contributed by atoms with van der Waals surface area (Å²) in [4.78, 5) is 63.3. The van der Waals surface area contributed by atoms with Gasteiger partial charge >= 0.3 is 11.9 Å². The minimum absolute atomic E-state index is 0.0497. The third-order valence-corrected chi connectivity index (χ3v) is 6.60. The van der Waals surface area contributed by atoms with Crippen LogP contribution in [0.1, 0.15) is 44.7 Å². The molecule has 2 aromatic carbocycles. The zero-order chi connectivity index (χ0) is 30.4. The fourth-order valence-corrected chi connectivity index (χ4v) is 3.88. The number of hydrogen-bond donors (Lipinski definition) is 4. The van der Waals surface area contributed by atoms with Crippen LogP contribution >= 0.6 is 0 Å². The highest BCUT2D eigenvalue weighted by Gasteiger charge is 2.32. The van der Waals surface area contributed by atoms with Crippen molar-refractivity contribution in [2.24, 2.45) is 11.7 Å². The fourth-order valence-electron chi connectivity index (χ4n) is 3.88. The molecule has 11 nitrogen and oxygen atoms in total. The van der Waals surface area contributed by atoms with Crippen molar-refractivity contribution in [3.8, 4) is 0 Å². The van der Waals surface area contributed by atoms with E-state index in [0.717, 1.165) is 11.1 Å². The molecule has 0 aliphatic carbocycles. The van der Waals surface area contributed by atoms with Gasteiger partial charge < -0.3 is 31.2 Å². The summed E-state index contributed by atoms with van der Waals surface area (Å²) in [5.74, 6) is -3.47. The monoisotopic (exact) mass is 568 g/mol. The van der Waals surface area contributed by atoms with Crippen LogP contribution < -0.4 is 21.7 Å². The van der Waals surface area contributed by atoms with Gasteiger partial charge in [-0.2, -0.15) is 0 Å². The van der Waals surface area contributed by atoms with Gasteiger partial charge in [0.05, 0.1) is 19.6 Å². The largest absolute Gasteiger partial charge is 0.467 e. The summed E-state index contributed by atoms with van der Waals surface area (Å²) in [6.45, 7) is 5.13. The number of carbonyl (C=O) groups is 5. The van der Waals surface area contributed by atoms with E-state index in [2.05, 4.69) is 16.0 Å². The van der Waals surface area contributed by atoms with Crippen LogP contribution in [-0.4, -0.2) is 60.9 Å². The molecule has 2 rings (SSSR count). The van der Waals surface area contributed by atoms with Gasteiger partial charge in [0.2, 0.25) is 17.7 Å². The van der Waals surface area contributed by atoms with Gasteiger partial charge in [-0.25, -0.2) is 4.79 Å². The molecule has 2 aromatic rings. The topological polar surface area (TPSA) is 166 Å². The van der Waals surface area contributed by atoms with Crippen molar-refractivity contribution in [2.45, 2.75) is 70.8 Å². The molecule has 0 aliphatic heterocycles. The molecule has 0 saturated carbocycles. The number of ether oxygens (including phenoxy) is 2. The number of rotatable bonds is 15. The van der Waals surface area contributed by atoms with Gasteiger partial charge in [0, 0.05) is 6.42 Å². The molecule has 0 spiro atoms. The first-order valence-corrected chi connectivity index (χ1v) is 13.5. The summed E-state index contributed by atoms with van der Waals surface area (Å²) in [5.41, 5.74) is 7.48. The molecule has 0 heterocycles. The average molecular weight is 569 g/mol. The highest BCUT2D eigenvalue weighted by molar-refractivity contribution is 5.94. The molecule has 222 valence electrons. The zero-order valence-electron chi connectivity index (χ0n) is 23.9. The van der Waals surface area contributed by atoms with E-state index < -0.39 is 53.8 Å². The van der Waals surface area contributed by atoms with Crippen LogP contribution in [0.2, 0.25) is 0 Å². The average Bonchev–Trinajstić information content (AvgIpc) is 2.98. The molecule has 0 saturated heterocycles. The van der Waals surface area contributed by atoms with E-state index in [0.29, 0.717) is 6.42 Å². The van der Waals surface area contributed by atoms with E-state index in [-0.39, 0.29) is 25.4 Å². The van der Waals surface area contributed by atoms with Gasteiger partial charge in [-0.1, -0.05) is 80.9 Å². The van der Waals surface area contributed by atoms with Gasteiger partial charge in [0.25, 0.3) is 0 Å². The third-order valence-electron chi connectivity index (χ3n) is 6.60. The van der Waals surface area contributed by atoms with Gasteiger partial charge in [-0.3, -0.25) is 19.2 Å². The Morgan fingerprint density at radius 2 is 1.39 bits per heavy atom. The van der Waals surface area contributed by atoms with E-state index >= 15 is 0 Å². The molecule has 0 fully saturated rings. The summed E-state index contributed by atoms with van der Waals surface area (Å²) >= 11 is 0. The number of nitrogens with two attached hydrogens (primary N) is 1. The number of carbonyl (C=O) groups excluding carboxylic acids is 5. The first-order chi connectivity index (χ1) is 19.5. The molecular formula is C30H40N4O7. The predicted molar refractivity (Wildman–Crippen MR) is 152 cm³/mol. The maximum atomic E-state index is 13.2. The Morgan fingerprint density at radius 1 is 0.805 bits per heavy atom. The quantitative estimate of drug-likeness (QED) is 0.234. The smallest absolute Gasteiger partial charge is 0.328 e. The summed E-state index contributed by atoms with van der Waals surface area (Å²) in [6.07, 6.45) is 0.385. The maximum absolute atomic E-state index is 13.2. The maximum Gasteiger partial charge on any atom is 0.328 e. The molecule has 0 bridgehead atoms. The molecule has 41 heavy (non-hydrogen) atoms. The molecule has 3 amide bonds. The number of hydrogen-bond acceptors (Lipinski definition) is 8. The molecular weight excluding hydrogens is 528 g/mol. The van der Waals surface area contributed by atoms with Gasteiger partial charge in [-0.15, -0.1) is 0 Å². The highest BCUT2D eigenvalue weighted by atomic mass is 16.5. The standard InChI is InChI=1S/C30H40N4O7/c1-5-19(2)26(29(38)33-24(30(39)40-4)16-21-12-8-6-9-13-21)34-27(36)20(3)32-28(37)23(31)17-25(35)41-18-22-14-10-7-11-15-22/h6-15,19-20,23-24,26H,5,16-18,31H2,1-4H3,(H,32,37)(H,33,38)(H,34,36). The molecule has 0 aromatic heterocycles. The Labute approximate surface area is 240 Å². The van der Waals surface area contributed by atoms with Crippen molar-refractivity contribution < 1.29 is 33.4 Å². The minimum Gasteiger partial charge on any atom is -0.467 e. The first-order valence-electron chi connectivity index (χ1n) is 13.5. The van der Waals surface area contributed by atoms with Crippen LogP contribution in [0, 0.1) is 5.92 Å². The Morgan fingerprint density at radius 3 is 1.95 bits per heavy atom. The lowest BCUT2D eigenvalue weighted by molar-refractivity contribution is -0.146. The Balaban J connectivity index is 1.95. The van der Waals surface area contributed by atoms with E-state index in [1.165, 1.54) is 14.0 Å². The Kier molecular flexibility index (Phi) is 13.5. The Hall–Kier alpha value is -4.25. The van der Waals surface area contributed by atoms with Crippen LogP contribution in [0.15, 0.2) is 60.7 Å². The van der Waals surface area contributed by atoms with Crippen molar-refractivity contribution in [2.75, 3.05) is 7.11 Å². The molecule has 0 aliphatic rings. The fraction of sp³-hybridized carbons (Fsp3) is 0.433. The summed E-state index contributed by atoms with van der Waals surface area (Å²) in [6, 6.07) is 14.0. The SMILES string of the molecule is CCC(C)C(NC(=O)C(C)NC(=O)C(N)CC(=O)OCc1ccccc1)C(=O)NC(Cc1ccccc1)C(=O)OC. The van der Waals surface area contributed by atoms with Gasteiger partial charge in [-0.05, 0) is 24.0 Å². The van der Waals surface area contributed by atoms with Crippen LogP contribution in [0.5, 0.6) is 0 Å². The van der Waals surface area contributed by atoms with E-state index in [1.54, 1.807) is 19.1 Å². The van der Waals surface area contributed by atoms with Gasteiger partial charge in [0.15, 0.2) is 0 Å². The normalized spacial score (nSPS) is 14.4. The molecule has 11 heteroatoms. The van der Waals surface area contributed by atoms with Crippen molar-refractivity contribution in [3.05, 3.63) is 71.8 Å². The van der Waals surface area contributed by atoms with Crippen molar-refractivity contribution in [3.63, 3.8) is 0 Å². The second kappa shape index (κ2) is 16.8. The van der Waals surface area contributed by atoms with E-state index in [1.807, 2.05) is 55.5 Å². The molecule has 5 atom stereocenters. The van der Waals surface area contributed by atoms with Crippen LogP contribution in [0.25, 0.3) is 0 Å². The lowest BCUT2D eigenvalue weighted by Crippen LogP contribution is -2.58.